The van der Waals surface area contributed by atoms with E-state index < -0.39 is 12.6 Å². The molecule has 1 aliphatic rings. The summed E-state index contributed by atoms with van der Waals surface area (Å²) in [5.41, 5.74) is 0.676. The SMILES string of the molecule is Cl.FC(F)(F)CC[C@H](c1cccc(Cl)c1Cl)N1CCNCC1. The van der Waals surface area contributed by atoms with Crippen molar-refractivity contribution in [2.45, 2.75) is 25.1 Å². The molecule has 1 heterocycles. The molecule has 1 atom stereocenters. The van der Waals surface area contributed by atoms with Gasteiger partial charge < -0.3 is 5.32 Å². The van der Waals surface area contributed by atoms with Crippen molar-refractivity contribution < 1.29 is 13.2 Å². The van der Waals surface area contributed by atoms with Crippen molar-refractivity contribution in [3.8, 4) is 0 Å². The largest absolute Gasteiger partial charge is 0.389 e. The molecule has 1 aromatic rings. The molecule has 1 N–H and O–H groups in total. The average molecular weight is 378 g/mol. The van der Waals surface area contributed by atoms with Crippen LogP contribution in [0.25, 0.3) is 0 Å². The van der Waals surface area contributed by atoms with Crippen LogP contribution in [0.3, 0.4) is 0 Å². The molecule has 0 amide bonds. The van der Waals surface area contributed by atoms with Crippen molar-refractivity contribution in [1.29, 1.82) is 0 Å². The summed E-state index contributed by atoms with van der Waals surface area (Å²) >= 11 is 12.2. The van der Waals surface area contributed by atoms with E-state index in [1.807, 2.05) is 4.90 Å². The molecule has 126 valence electrons. The van der Waals surface area contributed by atoms with Crippen LogP contribution >= 0.6 is 35.6 Å². The topological polar surface area (TPSA) is 15.3 Å². The molecule has 1 saturated heterocycles. The van der Waals surface area contributed by atoms with Gasteiger partial charge in [-0.25, -0.2) is 0 Å². The fourth-order valence-electron chi connectivity index (χ4n) is 2.61. The summed E-state index contributed by atoms with van der Waals surface area (Å²) in [5, 5.41) is 3.92. The predicted molar refractivity (Wildman–Crippen MR) is 86.2 cm³/mol. The average Bonchev–Trinajstić information content (AvgIpc) is 2.43. The predicted octanol–water partition coefficient (Wildman–Crippen LogP) is 4.70. The lowest BCUT2D eigenvalue weighted by atomic mass is 9.99. The smallest absolute Gasteiger partial charge is 0.314 e. The lowest BCUT2D eigenvalue weighted by Crippen LogP contribution is -2.45. The van der Waals surface area contributed by atoms with E-state index in [1.165, 1.54) is 0 Å². The maximum atomic E-state index is 12.6. The molecule has 2 nitrogen and oxygen atoms in total. The van der Waals surface area contributed by atoms with Gasteiger partial charge in [-0.2, -0.15) is 13.2 Å². The normalized spacial score (nSPS) is 17.9. The molecule has 0 radical (unpaired) electrons. The highest BCUT2D eigenvalue weighted by Gasteiger charge is 2.32. The van der Waals surface area contributed by atoms with Crippen molar-refractivity contribution in [3.05, 3.63) is 33.8 Å². The third kappa shape index (κ3) is 5.46. The third-order valence-corrected chi connectivity index (χ3v) is 4.47. The summed E-state index contributed by atoms with van der Waals surface area (Å²) in [6.45, 7) is 2.93. The van der Waals surface area contributed by atoms with Gasteiger partial charge in [0.15, 0.2) is 0 Å². The zero-order valence-electron chi connectivity index (χ0n) is 11.8. The summed E-state index contributed by atoms with van der Waals surface area (Å²) in [4.78, 5) is 2.04. The van der Waals surface area contributed by atoms with E-state index in [1.54, 1.807) is 18.2 Å². The Bertz CT molecular complexity index is 477. The van der Waals surface area contributed by atoms with Crippen LogP contribution in [0.5, 0.6) is 0 Å². The molecule has 0 spiro atoms. The van der Waals surface area contributed by atoms with E-state index in [0.717, 1.165) is 13.1 Å². The second kappa shape index (κ2) is 8.60. The molecule has 22 heavy (non-hydrogen) atoms. The first-order valence-corrected chi connectivity index (χ1v) is 7.59. The number of hydrogen-bond donors (Lipinski definition) is 1. The number of benzene rings is 1. The fourth-order valence-corrected chi connectivity index (χ4v) is 3.04. The minimum Gasteiger partial charge on any atom is -0.314 e. The van der Waals surface area contributed by atoms with Crippen molar-refractivity contribution in [2.24, 2.45) is 0 Å². The van der Waals surface area contributed by atoms with E-state index in [9.17, 15) is 13.2 Å². The quantitative estimate of drug-likeness (QED) is 0.818. The molecule has 0 saturated carbocycles. The second-order valence-electron chi connectivity index (χ2n) is 5.10. The molecule has 1 aliphatic heterocycles. The summed E-state index contributed by atoms with van der Waals surface area (Å²) in [7, 11) is 0. The van der Waals surface area contributed by atoms with Crippen LogP contribution in [0.4, 0.5) is 13.2 Å². The second-order valence-corrected chi connectivity index (χ2v) is 5.88. The molecule has 0 aromatic heterocycles. The number of hydrogen-bond acceptors (Lipinski definition) is 2. The van der Waals surface area contributed by atoms with Crippen LogP contribution < -0.4 is 5.32 Å². The number of nitrogens with one attached hydrogen (secondary N) is 1. The lowest BCUT2D eigenvalue weighted by molar-refractivity contribution is -0.138. The first-order chi connectivity index (χ1) is 9.88. The van der Waals surface area contributed by atoms with Crippen molar-refractivity contribution in [2.75, 3.05) is 26.2 Å². The summed E-state index contributed by atoms with van der Waals surface area (Å²) < 4.78 is 37.8. The standard InChI is InChI=1S/C14H17Cl2F3N2.ClH/c15-11-3-1-2-10(13(11)16)12(4-5-14(17,18)19)21-8-6-20-7-9-21;/h1-3,12,20H,4-9H2;1H/t12-;/m1./s1. The van der Waals surface area contributed by atoms with Crippen LogP contribution in [0, 0.1) is 0 Å². The summed E-state index contributed by atoms with van der Waals surface area (Å²) in [5.74, 6) is 0. The molecular weight excluding hydrogens is 360 g/mol. The van der Waals surface area contributed by atoms with Gasteiger partial charge in [-0.05, 0) is 18.1 Å². The van der Waals surface area contributed by atoms with Gasteiger partial charge in [-0.3, -0.25) is 4.90 Å². The van der Waals surface area contributed by atoms with E-state index in [4.69, 9.17) is 23.2 Å². The van der Waals surface area contributed by atoms with Gasteiger partial charge in [-0.15, -0.1) is 12.4 Å². The Labute approximate surface area is 144 Å². The number of nitrogens with zero attached hydrogens (tertiary/aromatic N) is 1. The Morgan fingerprint density at radius 1 is 1.18 bits per heavy atom. The lowest BCUT2D eigenvalue weighted by Gasteiger charge is -2.36. The Hall–Kier alpha value is -0.200. The third-order valence-electron chi connectivity index (χ3n) is 3.63. The highest BCUT2D eigenvalue weighted by atomic mass is 35.5. The molecular formula is C14H18Cl3F3N2. The van der Waals surface area contributed by atoms with Crippen molar-refractivity contribution in [1.82, 2.24) is 10.2 Å². The van der Waals surface area contributed by atoms with E-state index in [-0.39, 0.29) is 24.9 Å². The van der Waals surface area contributed by atoms with Gasteiger partial charge in [0.2, 0.25) is 0 Å². The van der Waals surface area contributed by atoms with Gasteiger partial charge in [0.05, 0.1) is 10.0 Å². The van der Waals surface area contributed by atoms with E-state index >= 15 is 0 Å². The molecule has 2 rings (SSSR count). The minimum absolute atomic E-state index is 0. The maximum Gasteiger partial charge on any atom is 0.389 e. The van der Waals surface area contributed by atoms with E-state index in [2.05, 4.69) is 5.32 Å². The Kier molecular flexibility index (Phi) is 7.75. The number of piperazine rings is 1. The molecule has 0 unspecified atom stereocenters. The number of halogens is 6. The zero-order valence-corrected chi connectivity index (χ0v) is 14.1. The highest BCUT2D eigenvalue weighted by Crippen LogP contribution is 2.37. The van der Waals surface area contributed by atoms with Gasteiger partial charge >= 0.3 is 6.18 Å². The Balaban J connectivity index is 0.00000242. The first-order valence-electron chi connectivity index (χ1n) is 6.84. The molecule has 8 heteroatoms. The van der Waals surface area contributed by atoms with Gasteiger partial charge in [0, 0.05) is 38.6 Å². The van der Waals surface area contributed by atoms with Gasteiger partial charge in [0.1, 0.15) is 0 Å². The van der Waals surface area contributed by atoms with Crippen LogP contribution in [0.1, 0.15) is 24.4 Å². The summed E-state index contributed by atoms with van der Waals surface area (Å²) in [6.07, 6.45) is -5.01. The Morgan fingerprint density at radius 2 is 1.82 bits per heavy atom. The van der Waals surface area contributed by atoms with Crippen molar-refractivity contribution in [3.63, 3.8) is 0 Å². The maximum absolute atomic E-state index is 12.6. The number of rotatable bonds is 4. The molecule has 1 fully saturated rings. The Morgan fingerprint density at radius 3 is 2.41 bits per heavy atom. The number of alkyl halides is 3. The zero-order chi connectivity index (χ0) is 15.5. The summed E-state index contributed by atoms with van der Waals surface area (Å²) in [6, 6.07) is 4.77. The fraction of sp³-hybridized carbons (Fsp3) is 0.571. The van der Waals surface area contributed by atoms with Crippen LogP contribution in [-0.2, 0) is 0 Å². The van der Waals surface area contributed by atoms with Crippen LogP contribution in [-0.4, -0.2) is 37.3 Å². The minimum atomic E-state index is -4.17. The van der Waals surface area contributed by atoms with Crippen LogP contribution in [0.15, 0.2) is 18.2 Å². The molecule has 1 aromatic carbocycles. The highest BCUT2D eigenvalue weighted by molar-refractivity contribution is 6.42. The molecule has 0 bridgehead atoms. The molecule has 0 aliphatic carbocycles. The van der Waals surface area contributed by atoms with Gasteiger partial charge in [0.25, 0.3) is 0 Å². The monoisotopic (exact) mass is 376 g/mol. The van der Waals surface area contributed by atoms with E-state index in [0.29, 0.717) is 28.7 Å². The van der Waals surface area contributed by atoms with Gasteiger partial charge in [-0.1, -0.05) is 35.3 Å². The van der Waals surface area contributed by atoms with Crippen LogP contribution in [0.2, 0.25) is 10.0 Å². The van der Waals surface area contributed by atoms with Crippen molar-refractivity contribution >= 4 is 35.6 Å². The first kappa shape index (κ1) is 19.8.